The molecule has 106 valence electrons. The number of benzene rings is 3. The van der Waals surface area contributed by atoms with Crippen LogP contribution in [0.1, 0.15) is 5.56 Å². The third-order valence-corrected chi connectivity index (χ3v) is 4.21. The first-order valence-electron chi connectivity index (χ1n) is 6.64. The molecular weight excluding hydrogens is 312 g/mol. The van der Waals surface area contributed by atoms with Crippen LogP contribution in [0.2, 0.25) is 5.02 Å². The van der Waals surface area contributed by atoms with Crippen LogP contribution in [0.15, 0.2) is 54.1 Å². The van der Waals surface area contributed by atoms with E-state index in [1.807, 2.05) is 48.5 Å². The van der Waals surface area contributed by atoms with Gasteiger partial charge >= 0.3 is 0 Å². The number of nitrogens with two attached hydrogens (primary N) is 1. The fraction of sp³-hybridized carbons (Fsp3) is 0. The maximum absolute atomic E-state index is 9.24. The average molecular weight is 323 g/mol. The highest BCUT2D eigenvalue weighted by Crippen LogP contribution is 2.37. The highest BCUT2D eigenvalue weighted by atomic mass is 35.5. The molecule has 3 aromatic rings. The van der Waals surface area contributed by atoms with Crippen LogP contribution in [-0.2, 0) is 0 Å². The normalized spacial score (nSPS) is 11.5. The van der Waals surface area contributed by atoms with Crippen molar-refractivity contribution in [2.45, 2.75) is 0 Å². The molecule has 0 saturated heterocycles. The maximum atomic E-state index is 9.24. The summed E-state index contributed by atoms with van der Waals surface area (Å²) in [5.74, 6) is 0. The average Bonchev–Trinajstić information content (AvgIpc) is 2.55. The van der Waals surface area contributed by atoms with Crippen molar-refractivity contribution in [3.8, 4) is 6.07 Å². The first-order chi connectivity index (χ1) is 10.6. The van der Waals surface area contributed by atoms with Gasteiger partial charge in [-0.1, -0.05) is 72.3 Å². The molecule has 0 aliphatic rings. The second kappa shape index (κ2) is 5.76. The lowest BCUT2D eigenvalue weighted by Crippen LogP contribution is -2.09. The van der Waals surface area contributed by atoms with Gasteiger partial charge in [0.05, 0.1) is 10.6 Å². The monoisotopic (exact) mass is 322 g/mol. The van der Waals surface area contributed by atoms with Crippen molar-refractivity contribution in [2.75, 3.05) is 0 Å². The van der Waals surface area contributed by atoms with E-state index in [1.165, 1.54) is 0 Å². The highest BCUT2D eigenvalue weighted by Gasteiger charge is 2.12. The molecule has 3 aromatic carbocycles. The van der Waals surface area contributed by atoms with Crippen molar-refractivity contribution in [2.24, 2.45) is 5.73 Å². The summed E-state index contributed by atoms with van der Waals surface area (Å²) in [7, 11) is 0. The van der Waals surface area contributed by atoms with E-state index >= 15 is 0 Å². The molecule has 2 nitrogen and oxygen atoms in total. The Morgan fingerprint density at radius 3 is 1.86 bits per heavy atom. The van der Waals surface area contributed by atoms with E-state index in [-0.39, 0.29) is 10.6 Å². The van der Waals surface area contributed by atoms with Crippen LogP contribution in [0, 0.1) is 11.3 Å². The largest absolute Gasteiger partial charge is 0.389 e. The topological polar surface area (TPSA) is 49.8 Å². The Balaban J connectivity index is 2.53. The molecule has 2 N–H and O–H groups in total. The Hall–Kier alpha value is -2.41. The van der Waals surface area contributed by atoms with Gasteiger partial charge < -0.3 is 5.73 Å². The number of halogens is 1. The van der Waals surface area contributed by atoms with E-state index in [9.17, 15) is 5.26 Å². The van der Waals surface area contributed by atoms with Crippen molar-refractivity contribution < 1.29 is 0 Å². The summed E-state index contributed by atoms with van der Waals surface area (Å²) in [6, 6.07) is 17.7. The third-order valence-electron chi connectivity index (χ3n) is 3.58. The Labute approximate surface area is 138 Å². The lowest BCUT2D eigenvalue weighted by Gasteiger charge is -2.11. The molecule has 0 aliphatic carbocycles. The summed E-state index contributed by atoms with van der Waals surface area (Å²) >= 11 is 11.5. The summed E-state index contributed by atoms with van der Waals surface area (Å²) in [4.78, 5) is 0.0885. The van der Waals surface area contributed by atoms with E-state index in [1.54, 1.807) is 6.08 Å². The minimum absolute atomic E-state index is 0.0885. The Morgan fingerprint density at radius 2 is 1.45 bits per heavy atom. The van der Waals surface area contributed by atoms with Gasteiger partial charge in [-0.2, -0.15) is 5.26 Å². The molecule has 0 amide bonds. The van der Waals surface area contributed by atoms with Gasteiger partial charge in [-0.05, 0) is 22.4 Å². The number of fused-ring (bicyclic) bond motifs is 2. The number of rotatable bonds is 2. The van der Waals surface area contributed by atoms with Gasteiger partial charge in [0.25, 0.3) is 0 Å². The van der Waals surface area contributed by atoms with E-state index in [0.29, 0.717) is 5.02 Å². The van der Waals surface area contributed by atoms with Crippen LogP contribution < -0.4 is 5.73 Å². The fourth-order valence-electron chi connectivity index (χ4n) is 2.57. The molecule has 0 radical (unpaired) electrons. The minimum atomic E-state index is 0.0885. The zero-order valence-electron chi connectivity index (χ0n) is 11.5. The molecule has 0 fully saturated rings. The fourth-order valence-corrected chi connectivity index (χ4v) is 3.00. The smallest absolute Gasteiger partial charge is 0.114 e. The van der Waals surface area contributed by atoms with Crippen LogP contribution in [0.4, 0.5) is 0 Å². The standard InChI is InChI=1S/C18H11ClN2S/c19-17-14-7-3-1-5-12(14)16(9-11(10-20)18(21)22)13-6-2-4-8-15(13)17/h1-9H,(H2,21,22)/b11-9+. The van der Waals surface area contributed by atoms with Crippen LogP contribution >= 0.6 is 23.8 Å². The van der Waals surface area contributed by atoms with Crippen molar-refractivity contribution in [1.29, 1.82) is 5.26 Å². The molecule has 0 saturated carbocycles. The Bertz CT molecular complexity index is 926. The summed E-state index contributed by atoms with van der Waals surface area (Å²) in [6.45, 7) is 0. The summed E-state index contributed by atoms with van der Waals surface area (Å²) < 4.78 is 0. The van der Waals surface area contributed by atoms with Crippen LogP contribution in [0.25, 0.3) is 27.6 Å². The first kappa shape index (κ1) is 14.5. The number of thiocarbonyl (C=S) groups is 1. The predicted octanol–water partition coefficient (Wildman–Crippen LogP) is 4.84. The van der Waals surface area contributed by atoms with Gasteiger partial charge in [0, 0.05) is 10.8 Å². The molecule has 0 unspecified atom stereocenters. The van der Waals surface area contributed by atoms with Gasteiger partial charge in [-0.25, -0.2) is 0 Å². The second-order valence-electron chi connectivity index (χ2n) is 4.85. The SMILES string of the molecule is N#C/C(=C\c1c2ccccc2c(Cl)c2ccccc12)C(N)=S. The maximum Gasteiger partial charge on any atom is 0.114 e. The Morgan fingerprint density at radius 1 is 1.00 bits per heavy atom. The highest BCUT2D eigenvalue weighted by molar-refractivity contribution is 7.80. The van der Waals surface area contributed by atoms with Crippen molar-refractivity contribution in [3.63, 3.8) is 0 Å². The van der Waals surface area contributed by atoms with Crippen LogP contribution in [-0.4, -0.2) is 4.99 Å². The summed E-state index contributed by atoms with van der Waals surface area (Å²) in [6.07, 6.45) is 1.74. The number of nitrogens with zero attached hydrogens (tertiary/aromatic N) is 1. The van der Waals surface area contributed by atoms with Gasteiger partial charge in [-0.15, -0.1) is 0 Å². The molecule has 0 spiro atoms. The van der Waals surface area contributed by atoms with E-state index in [0.717, 1.165) is 27.1 Å². The van der Waals surface area contributed by atoms with E-state index < -0.39 is 0 Å². The van der Waals surface area contributed by atoms with E-state index in [2.05, 4.69) is 6.07 Å². The lowest BCUT2D eigenvalue weighted by molar-refractivity contribution is 1.52. The van der Waals surface area contributed by atoms with Crippen molar-refractivity contribution in [1.82, 2.24) is 0 Å². The summed E-state index contributed by atoms with van der Waals surface area (Å²) in [5.41, 5.74) is 6.82. The third kappa shape index (κ3) is 2.33. The van der Waals surface area contributed by atoms with E-state index in [4.69, 9.17) is 29.6 Å². The molecule has 0 aromatic heterocycles. The van der Waals surface area contributed by atoms with Gasteiger partial charge in [0.2, 0.25) is 0 Å². The zero-order valence-corrected chi connectivity index (χ0v) is 13.1. The quantitative estimate of drug-likeness (QED) is 0.318. The molecule has 3 rings (SSSR count). The summed E-state index contributed by atoms with van der Waals surface area (Å²) in [5, 5.41) is 13.8. The molecular formula is C18H11ClN2S. The lowest BCUT2D eigenvalue weighted by atomic mass is 9.95. The van der Waals surface area contributed by atoms with Crippen molar-refractivity contribution in [3.05, 3.63) is 64.7 Å². The molecule has 0 bridgehead atoms. The Kier molecular flexibility index (Phi) is 3.81. The van der Waals surface area contributed by atoms with Crippen LogP contribution in [0.5, 0.6) is 0 Å². The molecule has 22 heavy (non-hydrogen) atoms. The second-order valence-corrected chi connectivity index (χ2v) is 5.67. The molecule has 4 heteroatoms. The minimum Gasteiger partial charge on any atom is -0.389 e. The van der Waals surface area contributed by atoms with Gasteiger partial charge in [0.15, 0.2) is 0 Å². The van der Waals surface area contributed by atoms with Crippen LogP contribution in [0.3, 0.4) is 0 Å². The molecule has 0 heterocycles. The molecule has 0 aliphatic heterocycles. The number of hydrogen-bond acceptors (Lipinski definition) is 2. The van der Waals surface area contributed by atoms with Crippen molar-refractivity contribution >= 4 is 56.4 Å². The van der Waals surface area contributed by atoms with Gasteiger partial charge in [0.1, 0.15) is 11.1 Å². The zero-order chi connectivity index (χ0) is 15.7. The molecule has 0 atom stereocenters. The van der Waals surface area contributed by atoms with Gasteiger partial charge in [-0.3, -0.25) is 0 Å². The number of nitriles is 1. The predicted molar refractivity (Wildman–Crippen MR) is 96.8 cm³/mol. The first-order valence-corrected chi connectivity index (χ1v) is 7.42. The number of hydrogen-bond donors (Lipinski definition) is 1.